The molecule has 0 saturated heterocycles. The summed E-state index contributed by atoms with van der Waals surface area (Å²) >= 11 is 0. The summed E-state index contributed by atoms with van der Waals surface area (Å²) in [6.07, 6.45) is 6.96. The van der Waals surface area contributed by atoms with Gasteiger partial charge in [-0.3, -0.25) is 4.98 Å². The highest BCUT2D eigenvalue weighted by molar-refractivity contribution is 5.43. The highest BCUT2D eigenvalue weighted by atomic mass is 14.7. The molecular weight excluding hydrogens is 254 g/mol. The van der Waals surface area contributed by atoms with Crippen molar-refractivity contribution in [3.05, 3.63) is 71.4 Å². The van der Waals surface area contributed by atoms with E-state index in [1.54, 1.807) is 5.92 Å². The summed E-state index contributed by atoms with van der Waals surface area (Å²) in [5.74, 6) is 2.93. The maximum atomic E-state index is 4.54. The number of hydrogen-bond donors (Lipinski definition) is 0. The van der Waals surface area contributed by atoms with E-state index in [0.717, 1.165) is 12.3 Å². The SMILES string of the molecule is CC(C)c1ccccc1[C](Cc1ccccn1)C1CCC1. The second kappa shape index (κ2) is 6.43. The lowest BCUT2D eigenvalue weighted by molar-refractivity contribution is 0.330. The Labute approximate surface area is 128 Å². The molecule has 0 amide bonds. The molecule has 1 fully saturated rings. The van der Waals surface area contributed by atoms with Crippen LogP contribution in [0.15, 0.2) is 48.7 Å². The Morgan fingerprint density at radius 1 is 1.10 bits per heavy atom. The molecule has 0 aliphatic heterocycles. The third-order valence-electron chi connectivity index (χ3n) is 4.62. The molecule has 0 N–H and O–H groups in total. The van der Waals surface area contributed by atoms with E-state index in [0.29, 0.717) is 5.92 Å². The Morgan fingerprint density at radius 3 is 2.48 bits per heavy atom. The fraction of sp³-hybridized carbons (Fsp3) is 0.400. The Balaban J connectivity index is 1.92. The maximum Gasteiger partial charge on any atom is 0.0412 e. The van der Waals surface area contributed by atoms with Crippen molar-refractivity contribution >= 4 is 0 Å². The highest BCUT2D eigenvalue weighted by Gasteiger charge is 2.31. The van der Waals surface area contributed by atoms with E-state index in [2.05, 4.69) is 55.2 Å². The molecule has 1 aliphatic carbocycles. The molecule has 109 valence electrons. The van der Waals surface area contributed by atoms with Crippen LogP contribution in [0, 0.1) is 11.8 Å². The van der Waals surface area contributed by atoms with Crippen molar-refractivity contribution in [2.45, 2.75) is 45.4 Å². The second-order valence-corrected chi connectivity index (χ2v) is 6.39. The van der Waals surface area contributed by atoms with Crippen LogP contribution in [0.4, 0.5) is 0 Å². The molecule has 1 aromatic heterocycles. The van der Waals surface area contributed by atoms with Gasteiger partial charge in [-0.2, -0.15) is 0 Å². The lowest BCUT2D eigenvalue weighted by Gasteiger charge is -2.35. The van der Waals surface area contributed by atoms with Gasteiger partial charge in [-0.25, -0.2) is 0 Å². The fourth-order valence-corrected chi connectivity index (χ4v) is 3.21. The van der Waals surface area contributed by atoms with Crippen molar-refractivity contribution in [2.24, 2.45) is 5.92 Å². The van der Waals surface area contributed by atoms with Gasteiger partial charge in [-0.1, -0.05) is 50.6 Å². The van der Waals surface area contributed by atoms with Crippen molar-refractivity contribution in [2.75, 3.05) is 0 Å². The van der Waals surface area contributed by atoms with Crippen LogP contribution in [0.2, 0.25) is 0 Å². The molecule has 21 heavy (non-hydrogen) atoms. The number of rotatable bonds is 5. The summed E-state index contributed by atoms with van der Waals surface area (Å²) in [4.78, 5) is 4.54. The predicted molar refractivity (Wildman–Crippen MR) is 88.2 cm³/mol. The Kier molecular flexibility index (Phi) is 4.38. The van der Waals surface area contributed by atoms with E-state index < -0.39 is 0 Å². The first kappa shape index (κ1) is 14.3. The van der Waals surface area contributed by atoms with E-state index >= 15 is 0 Å². The molecule has 1 aromatic carbocycles. The van der Waals surface area contributed by atoms with Crippen molar-refractivity contribution < 1.29 is 0 Å². The van der Waals surface area contributed by atoms with Crippen molar-refractivity contribution in [3.8, 4) is 0 Å². The van der Waals surface area contributed by atoms with Crippen LogP contribution in [0.5, 0.6) is 0 Å². The molecule has 0 atom stereocenters. The zero-order valence-electron chi connectivity index (χ0n) is 13.0. The molecule has 0 bridgehead atoms. The van der Waals surface area contributed by atoms with Gasteiger partial charge in [0.25, 0.3) is 0 Å². The summed E-state index contributed by atoms with van der Waals surface area (Å²) in [5.41, 5.74) is 4.15. The van der Waals surface area contributed by atoms with Crippen LogP contribution in [0.1, 0.15) is 55.8 Å². The summed E-state index contributed by atoms with van der Waals surface area (Å²) < 4.78 is 0. The molecule has 1 heteroatoms. The third-order valence-corrected chi connectivity index (χ3v) is 4.62. The standard InChI is InChI=1S/C20H24N/c1-15(2)18-11-3-4-12-19(18)20(16-8-7-9-16)14-17-10-5-6-13-21-17/h3-6,10-13,15-16H,7-9,14H2,1-2H3. The normalized spacial score (nSPS) is 15.4. The van der Waals surface area contributed by atoms with Crippen LogP contribution in [0.25, 0.3) is 0 Å². The number of pyridine rings is 1. The lowest BCUT2D eigenvalue weighted by Crippen LogP contribution is -2.24. The van der Waals surface area contributed by atoms with Gasteiger partial charge in [0, 0.05) is 24.2 Å². The number of hydrogen-bond acceptors (Lipinski definition) is 1. The Morgan fingerprint density at radius 2 is 1.86 bits per heavy atom. The van der Waals surface area contributed by atoms with Crippen molar-refractivity contribution in [1.82, 2.24) is 4.98 Å². The Bertz CT molecular complexity index is 569. The van der Waals surface area contributed by atoms with Crippen LogP contribution in [-0.2, 0) is 6.42 Å². The van der Waals surface area contributed by atoms with Gasteiger partial charge in [0.05, 0.1) is 0 Å². The van der Waals surface area contributed by atoms with Gasteiger partial charge in [-0.05, 0) is 47.9 Å². The quantitative estimate of drug-likeness (QED) is 0.735. The molecule has 1 nitrogen and oxygen atoms in total. The van der Waals surface area contributed by atoms with Gasteiger partial charge in [0.2, 0.25) is 0 Å². The molecule has 2 aromatic rings. The third kappa shape index (κ3) is 3.18. The number of aromatic nitrogens is 1. The van der Waals surface area contributed by atoms with E-state index in [4.69, 9.17) is 0 Å². The van der Waals surface area contributed by atoms with Crippen LogP contribution < -0.4 is 0 Å². The molecule has 0 spiro atoms. The molecule has 3 rings (SSSR count). The minimum absolute atomic E-state index is 0.569. The van der Waals surface area contributed by atoms with E-state index in [1.165, 1.54) is 36.1 Å². The number of nitrogens with zero attached hydrogens (tertiary/aromatic N) is 1. The van der Waals surface area contributed by atoms with Gasteiger partial charge in [-0.15, -0.1) is 0 Å². The van der Waals surface area contributed by atoms with Gasteiger partial charge >= 0.3 is 0 Å². The van der Waals surface area contributed by atoms with E-state index in [9.17, 15) is 0 Å². The van der Waals surface area contributed by atoms with Crippen molar-refractivity contribution in [3.63, 3.8) is 0 Å². The molecule has 1 radical (unpaired) electrons. The predicted octanol–water partition coefficient (Wildman–Crippen LogP) is 5.17. The number of benzene rings is 1. The minimum Gasteiger partial charge on any atom is -0.261 e. The van der Waals surface area contributed by atoms with Crippen molar-refractivity contribution in [1.29, 1.82) is 0 Å². The average Bonchev–Trinajstić information content (AvgIpc) is 2.46. The smallest absolute Gasteiger partial charge is 0.0412 e. The maximum absolute atomic E-state index is 4.54. The first-order chi connectivity index (χ1) is 10.3. The van der Waals surface area contributed by atoms with Crippen LogP contribution in [-0.4, -0.2) is 4.98 Å². The minimum atomic E-state index is 0.569. The van der Waals surface area contributed by atoms with Gasteiger partial charge < -0.3 is 0 Å². The summed E-state index contributed by atoms with van der Waals surface area (Å²) in [7, 11) is 0. The topological polar surface area (TPSA) is 12.9 Å². The second-order valence-electron chi connectivity index (χ2n) is 6.39. The largest absolute Gasteiger partial charge is 0.261 e. The molecule has 1 saturated carbocycles. The first-order valence-corrected chi connectivity index (χ1v) is 8.10. The average molecular weight is 278 g/mol. The summed E-state index contributed by atoms with van der Waals surface area (Å²) in [5, 5.41) is 0. The monoisotopic (exact) mass is 278 g/mol. The lowest BCUT2D eigenvalue weighted by atomic mass is 9.69. The Hall–Kier alpha value is -1.63. The zero-order valence-corrected chi connectivity index (χ0v) is 13.0. The molecule has 0 unspecified atom stereocenters. The molecular formula is C20H24N. The summed E-state index contributed by atoms with van der Waals surface area (Å²) in [6.45, 7) is 4.58. The highest BCUT2D eigenvalue weighted by Crippen LogP contribution is 2.42. The molecule has 1 heterocycles. The van der Waals surface area contributed by atoms with E-state index in [1.807, 2.05) is 12.3 Å². The molecule has 1 aliphatic rings. The zero-order chi connectivity index (χ0) is 14.7. The first-order valence-electron chi connectivity index (χ1n) is 8.10. The van der Waals surface area contributed by atoms with Gasteiger partial charge in [0.15, 0.2) is 0 Å². The van der Waals surface area contributed by atoms with Crippen LogP contribution >= 0.6 is 0 Å². The summed E-state index contributed by atoms with van der Waals surface area (Å²) in [6, 6.07) is 15.2. The van der Waals surface area contributed by atoms with Gasteiger partial charge in [0.1, 0.15) is 0 Å². The van der Waals surface area contributed by atoms with E-state index in [-0.39, 0.29) is 0 Å². The van der Waals surface area contributed by atoms with Crippen LogP contribution in [0.3, 0.4) is 0 Å². The fourth-order valence-electron chi connectivity index (χ4n) is 3.21.